The zero-order valence-corrected chi connectivity index (χ0v) is 13.4. The Kier molecular flexibility index (Phi) is 4.81. The number of rotatable bonds is 5. The molecule has 0 spiro atoms. The molecule has 0 heterocycles. The van der Waals surface area contributed by atoms with Crippen LogP contribution in [0.1, 0.15) is 58.8 Å². The highest BCUT2D eigenvalue weighted by Gasteiger charge is 2.43. The van der Waals surface area contributed by atoms with E-state index in [1.807, 2.05) is 11.9 Å². The first-order valence-corrected chi connectivity index (χ1v) is 8.26. The Hall–Kier alpha value is -0.240. The molecule has 0 atom stereocenters. The Bertz CT molecular complexity index is 317. The van der Waals surface area contributed by atoms with E-state index in [9.17, 15) is 4.79 Å². The van der Waals surface area contributed by atoms with E-state index in [0.717, 1.165) is 38.6 Å². The van der Waals surface area contributed by atoms with Crippen molar-refractivity contribution >= 4 is 17.5 Å². The Morgan fingerprint density at radius 3 is 2.37 bits per heavy atom. The molecule has 2 nitrogen and oxygen atoms in total. The molecule has 2 fully saturated rings. The zero-order chi connectivity index (χ0) is 14.0. The summed E-state index contributed by atoms with van der Waals surface area (Å²) in [5, 5.41) is 0.351. The molecule has 0 N–H and O–H groups in total. The Morgan fingerprint density at radius 1 is 1.32 bits per heavy atom. The van der Waals surface area contributed by atoms with Crippen LogP contribution in [0.3, 0.4) is 0 Å². The summed E-state index contributed by atoms with van der Waals surface area (Å²) in [6.45, 7) is 5.37. The van der Waals surface area contributed by atoms with E-state index in [2.05, 4.69) is 13.8 Å². The standard InChI is InChI=1S/C16H28ClNO/c1-12(2)10-16(6-4-5-7-16)15(19)18(3)11-13-8-14(17)9-13/h12-14H,4-11H2,1-3H3. The van der Waals surface area contributed by atoms with Gasteiger partial charge < -0.3 is 4.90 Å². The van der Waals surface area contributed by atoms with Gasteiger partial charge in [-0.05, 0) is 43.9 Å². The number of nitrogens with zero attached hydrogens (tertiary/aromatic N) is 1. The van der Waals surface area contributed by atoms with Crippen LogP contribution in [0.4, 0.5) is 0 Å². The number of hydrogen-bond acceptors (Lipinski definition) is 1. The molecule has 0 radical (unpaired) electrons. The van der Waals surface area contributed by atoms with Gasteiger partial charge in [-0.15, -0.1) is 11.6 Å². The van der Waals surface area contributed by atoms with Gasteiger partial charge in [0.15, 0.2) is 0 Å². The maximum absolute atomic E-state index is 12.9. The highest BCUT2D eigenvalue weighted by atomic mass is 35.5. The SMILES string of the molecule is CC(C)CC1(C(=O)N(C)CC2CC(Cl)C2)CCCC1. The van der Waals surface area contributed by atoms with Crippen LogP contribution in [0.5, 0.6) is 0 Å². The Balaban J connectivity index is 1.94. The van der Waals surface area contributed by atoms with Gasteiger partial charge in [0, 0.05) is 24.4 Å². The maximum Gasteiger partial charge on any atom is 0.228 e. The van der Waals surface area contributed by atoms with Crippen LogP contribution in [-0.4, -0.2) is 29.8 Å². The van der Waals surface area contributed by atoms with Crippen LogP contribution in [-0.2, 0) is 4.79 Å². The lowest BCUT2D eigenvalue weighted by molar-refractivity contribution is -0.142. The van der Waals surface area contributed by atoms with Crippen LogP contribution < -0.4 is 0 Å². The third-order valence-corrected chi connectivity index (χ3v) is 5.23. The van der Waals surface area contributed by atoms with E-state index in [0.29, 0.717) is 23.1 Å². The van der Waals surface area contributed by atoms with E-state index < -0.39 is 0 Å². The summed E-state index contributed by atoms with van der Waals surface area (Å²) >= 11 is 6.03. The maximum atomic E-state index is 12.9. The van der Waals surface area contributed by atoms with Gasteiger partial charge in [-0.3, -0.25) is 4.79 Å². The fraction of sp³-hybridized carbons (Fsp3) is 0.938. The predicted octanol–water partition coefficient (Wildman–Crippen LogP) is 4.07. The summed E-state index contributed by atoms with van der Waals surface area (Å²) in [5.74, 6) is 1.64. The summed E-state index contributed by atoms with van der Waals surface area (Å²) in [6.07, 6.45) is 7.85. The molecule has 0 bridgehead atoms. The third-order valence-electron chi connectivity index (χ3n) is 4.87. The average molecular weight is 286 g/mol. The second-order valence-electron chi connectivity index (χ2n) is 7.21. The molecule has 2 aliphatic carbocycles. The molecule has 19 heavy (non-hydrogen) atoms. The molecule has 0 aromatic rings. The van der Waals surface area contributed by atoms with Gasteiger partial charge in [-0.1, -0.05) is 26.7 Å². The van der Waals surface area contributed by atoms with Crippen molar-refractivity contribution in [2.24, 2.45) is 17.3 Å². The van der Waals surface area contributed by atoms with Crippen molar-refractivity contribution in [3.8, 4) is 0 Å². The monoisotopic (exact) mass is 285 g/mol. The second kappa shape index (κ2) is 6.03. The molecule has 0 aromatic carbocycles. The molecule has 0 aliphatic heterocycles. The van der Waals surface area contributed by atoms with Gasteiger partial charge in [0.25, 0.3) is 0 Å². The lowest BCUT2D eigenvalue weighted by Gasteiger charge is -2.38. The normalized spacial score (nSPS) is 29.3. The first-order valence-electron chi connectivity index (χ1n) is 7.82. The number of carbonyl (C=O) groups is 1. The molecule has 0 saturated heterocycles. The zero-order valence-electron chi connectivity index (χ0n) is 12.6. The highest BCUT2D eigenvalue weighted by molar-refractivity contribution is 6.21. The van der Waals surface area contributed by atoms with Crippen LogP contribution in [0, 0.1) is 17.3 Å². The van der Waals surface area contributed by atoms with E-state index >= 15 is 0 Å². The van der Waals surface area contributed by atoms with Gasteiger partial charge in [0.05, 0.1) is 0 Å². The van der Waals surface area contributed by atoms with Gasteiger partial charge in [-0.25, -0.2) is 0 Å². The molecular weight excluding hydrogens is 258 g/mol. The minimum atomic E-state index is -0.0486. The number of alkyl halides is 1. The fourth-order valence-corrected chi connectivity index (χ4v) is 4.52. The highest BCUT2D eigenvalue weighted by Crippen LogP contribution is 2.45. The summed E-state index contributed by atoms with van der Waals surface area (Å²) in [6, 6.07) is 0. The van der Waals surface area contributed by atoms with Gasteiger partial charge in [-0.2, -0.15) is 0 Å². The van der Waals surface area contributed by atoms with Crippen molar-refractivity contribution in [3.05, 3.63) is 0 Å². The molecule has 2 saturated carbocycles. The first-order chi connectivity index (χ1) is 8.93. The van der Waals surface area contributed by atoms with Gasteiger partial charge >= 0.3 is 0 Å². The van der Waals surface area contributed by atoms with Crippen molar-refractivity contribution in [2.75, 3.05) is 13.6 Å². The minimum Gasteiger partial charge on any atom is -0.345 e. The van der Waals surface area contributed by atoms with Crippen molar-refractivity contribution in [2.45, 2.75) is 64.2 Å². The molecule has 2 aliphatic rings. The van der Waals surface area contributed by atoms with Gasteiger partial charge in [0.2, 0.25) is 5.91 Å². The molecule has 1 amide bonds. The largest absolute Gasteiger partial charge is 0.345 e. The third kappa shape index (κ3) is 3.45. The van der Waals surface area contributed by atoms with Crippen LogP contribution in [0.2, 0.25) is 0 Å². The molecule has 2 rings (SSSR count). The summed E-state index contributed by atoms with van der Waals surface area (Å²) < 4.78 is 0. The van der Waals surface area contributed by atoms with E-state index in [1.54, 1.807) is 0 Å². The van der Waals surface area contributed by atoms with E-state index in [4.69, 9.17) is 11.6 Å². The molecule has 0 unspecified atom stereocenters. The van der Waals surface area contributed by atoms with Crippen LogP contribution in [0.15, 0.2) is 0 Å². The van der Waals surface area contributed by atoms with Crippen molar-refractivity contribution in [3.63, 3.8) is 0 Å². The molecule has 110 valence electrons. The van der Waals surface area contributed by atoms with Crippen LogP contribution >= 0.6 is 11.6 Å². The number of halogens is 1. The summed E-state index contributed by atoms with van der Waals surface area (Å²) in [5.41, 5.74) is -0.0486. The summed E-state index contributed by atoms with van der Waals surface area (Å²) in [4.78, 5) is 14.9. The number of carbonyl (C=O) groups excluding carboxylic acids is 1. The van der Waals surface area contributed by atoms with Crippen molar-refractivity contribution < 1.29 is 4.79 Å². The molecule has 0 aromatic heterocycles. The number of amides is 1. The van der Waals surface area contributed by atoms with Crippen molar-refractivity contribution in [1.29, 1.82) is 0 Å². The summed E-state index contributed by atoms with van der Waals surface area (Å²) in [7, 11) is 1.99. The topological polar surface area (TPSA) is 20.3 Å². The molecular formula is C16H28ClNO. The van der Waals surface area contributed by atoms with E-state index in [1.165, 1.54) is 12.8 Å². The molecule has 3 heteroatoms. The minimum absolute atomic E-state index is 0.0486. The van der Waals surface area contributed by atoms with Crippen LogP contribution in [0.25, 0.3) is 0 Å². The van der Waals surface area contributed by atoms with Gasteiger partial charge in [0.1, 0.15) is 0 Å². The average Bonchev–Trinajstić information content (AvgIpc) is 2.74. The quantitative estimate of drug-likeness (QED) is 0.697. The Morgan fingerprint density at radius 2 is 1.89 bits per heavy atom. The smallest absolute Gasteiger partial charge is 0.228 e. The Labute approximate surface area is 122 Å². The fourth-order valence-electron chi connectivity index (χ4n) is 4.02. The lowest BCUT2D eigenvalue weighted by atomic mass is 9.76. The number of hydrogen-bond donors (Lipinski definition) is 0. The second-order valence-corrected chi connectivity index (χ2v) is 7.82. The lowest BCUT2D eigenvalue weighted by Crippen LogP contribution is -2.45. The first kappa shape index (κ1) is 15.2. The predicted molar refractivity (Wildman–Crippen MR) is 80.4 cm³/mol. The van der Waals surface area contributed by atoms with E-state index in [-0.39, 0.29) is 5.41 Å². The van der Waals surface area contributed by atoms with Crippen molar-refractivity contribution in [1.82, 2.24) is 4.90 Å².